The molecule has 0 saturated carbocycles. The molecular formula is C18H24N2O. The fourth-order valence-corrected chi connectivity index (χ4v) is 2.37. The molecule has 0 aliphatic carbocycles. The fourth-order valence-electron chi connectivity index (χ4n) is 2.37. The van der Waals surface area contributed by atoms with Crippen LogP contribution in [-0.2, 0) is 6.42 Å². The summed E-state index contributed by atoms with van der Waals surface area (Å²) in [4.78, 5) is 4.09. The summed E-state index contributed by atoms with van der Waals surface area (Å²) < 4.78 is 5.61. The largest absolute Gasteiger partial charge is 0.494 e. The van der Waals surface area contributed by atoms with Crippen LogP contribution in [0.25, 0.3) is 0 Å². The highest BCUT2D eigenvalue weighted by atomic mass is 16.5. The summed E-state index contributed by atoms with van der Waals surface area (Å²) >= 11 is 0. The van der Waals surface area contributed by atoms with Crippen molar-refractivity contribution in [3.8, 4) is 5.75 Å². The average molecular weight is 284 g/mol. The van der Waals surface area contributed by atoms with Gasteiger partial charge in [-0.15, -0.1) is 0 Å². The highest BCUT2D eigenvalue weighted by Crippen LogP contribution is 2.22. The van der Waals surface area contributed by atoms with Crippen molar-refractivity contribution in [2.75, 3.05) is 13.2 Å². The second kappa shape index (κ2) is 8.42. The van der Waals surface area contributed by atoms with E-state index in [2.05, 4.69) is 47.6 Å². The Morgan fingerprint density at radius 1 is 1.14 bits per heavy atom. The van der Waals surface area contributed by atoms with Gasteiger partial charge in [0.15, 0.2) is 0 Å². The van der Waals surface area contributed by atoms with Crippen LogP contribution < -0.4 is 10.1 Å². The van der Waals surface area contributed by atoms with Crippen LogP contribution in [0.4, 0.5) is 0 Å². The predicted molar refractivity (Wildman–Crippen MR) is 86.6 cm³/mol. The number of nitrogens with one attached hydrogen (secondary N) is 1. The van der Waals surface area contributed by atoms with Crippen molar-refractivity contribution in [2.45, 2.75) is 32.7 Å². The molecule has 0 saturated heterocycles. The van der Waals surface area contributed by atoms with E-state index in [9.17, 15) is 0 Å². The zero-order chi connectivity index (χ0) is 14.9. The van der Waals surface area contributed by atoms with E-state index in [4.69, 9.17) is 4.74 Å². The lowest BCUT2D eigenvalue weighted by Crippen LogP contribution is -2.24. The quantitative estimate of drug-likeness (QED) is 0.801. The molecule has 1 unspecified atom stereocenters. The first-order valence-electron chi connectivity index (χ1n) is 7.68. The molecule has 0 spiro atoms. The van der Waals surface area contributed by atoms with E-state index in [1.165, 1.54) is 11.1 Å². The third-order valence-electron chi connectivity index (χ3n) is 3.40. The first kappa shape index (κ1) is 15.5. The van der Waals surface area contributed by atoms with Crippen molar-refractivity contribution in [3.63, 3.8) is 0 Å². The Morgan fingerprint density at radius 3 is 2.67 bits per heavy atom. The van der Waals surface area contributed by atoms with Crippen molar-refractivity contribution in [1.29, 1.82) is 0 Å². The molecule has 0 amide bonds. The summed E-state index contributed by atoms with van der Waals surface area (Å²) in [6, 6.07) is 12.8. The Balaban J connectivity index is 2.16. The second-order valence-electron chi connectivity index (χ2n) is 5.07. The van der Waals surface area contributed by atoms with Gasteiger partial charge in [0, 0.05) is 18.4 Å². The molecule has 1 atom stereocenters. The summed E-state index contributed by atoms with van der Waals surface area (Å²) in [5.41, 5.74) is 2.56. The fraction of sp³-hybridized carbons (Fsp3) is 0.389. The third kappa shape index (κ3) is 4.87. The molecular weight excluding hydrogens is 260 g/mol. The van der Waals surface area contributed by atoms with Crippen LogP contribution in [0, 0.1) is 0 Å². The van der Waals surface area contributed by atoms with Crippen LogP contribution in [0.5, 0.6) is 5.75 Å². The van der Waals surface area contributed by atoms with Gasteiger partial charge in [0.2, 0.25) is 0 Å². The molecule has 21 heavy (non-hydrogen) atoms. The monoisotopic (exact) mass is 284 g/mol. The Hall–Kier alpha value is -1.87. The van der Waals surface area contributed by atoms with E-state index in [0.717, 1.165) is 25.1 Å². The number of hydrogen-bond acceptors (Lipinski definition) is 3. The highest BCUT2D eigenvalue weighted by molar-refractivity contribution is 5.31. The smallest absolute Gasteiger partial charge is 0.119 e. The molecule has 0 bridgehead atoms. The Bertz CT molecular complexity index is 528. The minimum absolute atomic E-state index is 0.299. The topological polar surface area (TPSA) is 34.2 Å². The molecule has 0 aliphatic rings. The van der Waals surface area contributed by atoms with E-state index in [1.807, 2.05) is 25.4 Å². The van der Waals surface area contributed by atoms with E-state index in [1.54, 1.807) is 0 Å². The first-order valence-corrected chi connectivity index (χ1v) is 7.68. The lowest BCUT2D eigenvalue weighted by atomic mass is 9.99. The minimum Gasteiger partial charge on any atom is -0.494 e. The van der Waals surface area contributed by atoms with Crippen molar-refractivity contribution in [3.05, 3.63) is 59.9 Å². The van der Waals surface area contributed by atoms with Gasteiger partial charge in [-0.05, 0) is 61.7 Å². The molecule has 1 heterocycles. The van der Waals surface area contributed by atoms with E-state index in [-0.39, 0.29) is 0 Å². The summed E-state index contributed by atoms with van der Waals surface area (Å²) in [6.07, 6.45) is 5.78. The number of nitrogens with zero attached hydrogens (tertiary/aromatic N) is 1. The zero-order valence-electron chi connectivity index (χ0n) is 12.9. The second-order valence-corrected chi connectivity index (χ2v) is 5.07. The van der Waals surface area contributed by atoms with Gasteiger partial charge in [-0.3, -0.25) is 4.98 Å². The number of ether oxygens (including phenoxy) is 1. The summed E-state index contributed by atoms with van der Waals surface area (Å²) in [6.45, 7) is 5.90. The van der Waals surface area contributed by atoms with Gasteiger partial charge in [0.05, 0.1) is 6.61 Å². The molecule has 0 fully saturated rings. The standard InChI is InChI=1S/C18H24N2O/c1-3-10-20-18(13-15-8-11-19-12-9-15)16-6-5-7-17(14-16)21-4-2/h5-9,11-12,14,18,20H,3-4,10,13H2,1-2H3. The SMILES string of the molecule is CCCNC(Cc1ccncc1)c1cccc(OCC)c1. The minimum atomic E-state index is 0.299. The van der Waals surface area contributed by atoms with Gasteiger partial charge >= 0.3 is 0 Å². The van der Waals surface area contributed by atoms with Crippen molar-refractivity contribution in [2.24, 2.45) is 0 Å². The van der Waals surface area contributed by atoms with Crippen molar-refractivity contribution >= 4 is 0 Å². The summed E-state index contributed by atoms with van der Waals surface area (Å²) in [5.74, 6) is 0.938. The molecule has 112 valence electrons. The Labute approximate surface area is 127 Å². The highest BCUT2D eigenvalue weighted by Gasteiger charge is 2.12. The third-order valence-corrected chi connectivity index (χ3v) is 3.40. The maximum Gasteiger partial charge on any atom is 0.119 e. The van der Waals surface area contributed by atoms with E-state index < -0.39 is 0 Å². The number of rotatable bonds is 8. The average Bonchev–Trinajstić information content (AvgIpc) is 2.53. The van der Waals surface area contributed by atoms with Gasteiger partial charge in [0.1, 0.15) is 5.75 Å². The molecule has 1 N–H and O–H groups in total. The van der Waals surface area contributed by atoms with Crippen LogP contribution >= 0.6 is 0 Å². The van der Waals surface area contributed by atoms with E-state index >= 15 is 0 Å². The van der Waals surface area contributed by atoms with Crippen LogP contribution in [-0.4, -0.2) is 18.1 Å². The van der Waals surface area contributed by atoms with Gasteiger partial charge < -0.3 is 10.1 Å². The summed E-state index contributed by atoms with van der Waals surface area (Å²) in [5, 5.41) is 3.63. The maximum absolute atomic E-state index is 5.61. The van der Waals surface area contributed by atoms with Gasteiger partial charge in [-0.2, -0.15) is 0 Å². The van der Waals surface area contributed by atoms with Crippen molar-refractivity contribution in [1.82, 2.24) is 10.3 Å². The molecule has 3 heteroatoms. The maximum atomic E-state index is 5.61. The molecule has 2 aromatic rings. The van der Waals surface area contributed by atoms with Crippen LogP contribution in [0.2, 0.25) is 0 Å². The normalized spacial score (nSPS) is 12.1. The molecule has 3 nitrogen and oxygen atoms in total. The van der Waals surface area contributed by atoms with Gasteiger partial charge in [-0.25, -0.2) is 0 Å². The van der Waals surface area contributed by atoms with Gasteiger partial charge in [-0.1, -0.05) is 19.1 Å². The molecule has 1 aromatic carbocycles. The van der Waals surface area contributed by atoms with Gasteiger partial charge in [0.25, 0.3) is 0 Å². The number of pyridine rings is 1. The lowest BCUT2D eigenvalue weighted by Gasteiger charge is -2.20. The first-order chi connectivity index (χ1) is 10.3. The summed E-state index contributed by atoms with van der Waals surface area (Å²) in [7, 11) is 0. The number of aromatic nitrogens is 1. The van der Waals surface area contributed by atoms with Crippen LogP contribution in [0.1, 0.15) is 37.4 Å². The van der Waals surface area contributed by atoms with Crippen molar-refractivity contribution < 1.29 is 4.74 Å². The van der Waals surface area contributed by atoms with E-state index in [0.29, 0.717) is 12.6 Å². The number of benzene rings is 1. The molecule has 0 radical (unpaired) electrons. The molecule has 2 rings (SSSR count). The Kier molecular flexibility index (Phi) is 6.22. The van der Waals surface area contributed by atoms with Crippen LogP contribution in [0.15, 0.2) is 48.8 Å². The molecule has 0 aliphatic heterocycles. The number of hydrogen-bond donors (Lipinski definition) is 1. The predicted octanol–water partition coefficient (Wildman–Crippen LogP) is 3.76. The van der Waals surface area contributed by atoms with Crippen LogP contribution in [0.3, 0.4) is 0 Å². The lowest BCUT2D eigenvalue weighted by molar-refractivity contribution is 0.339. The zero-order valence-corrected chi connectivity index (χ0v) is 12.9. The Morgan fingerprint density at radius 2 is 1.95 bits per heavy atom. The molecule has 1 aromatic heterocycles.